The average molecular weight is 473 g/mol. The summed E-state index contributed by atoms with van der Waals surface area (Å²) < 4.78 is 32.9. The third-order valence-electron chi connectivity index (χ3n) is 4.83. The van der Waals surface area contributed by atoms with Crippen LogP contribution in [0.15, 0.2) is 71.6 Å². The summed E-state index contributed by atoms with van der Waals surface area (Å²) in [5.74, 6) is 0.193. The first-order valence-corrected chi connectivity index (χ1v) is 11.9. The van der Waals surface area contributed by atoms with Crippen LogP contribution in [0.4, 0.5) is 5.69 Å². The van der Waals surface area contributed by atoms with Crippen molar-refractivity contribution in [2.45, 2.75) is 25.3 Å². The van der Waals surface area contributed by atoms with Crippen molar-refractivity contribution in [1.82, 2.24) is 4.31 Å². The van der Waals surface area contributed by atoms with E-state index in [2.05, 4.69) is 5.32 Å². The Labute approximate surface area is 193 Å². The number of nitrogens with one attached hydrogen (secondary N) is 1. The van der Waals surface area contributed by atoms with Crippen LogP contribution >= 0.6 is 11.6 Å². The van der Waals surface area contributed by atoms with Gasteiger partial charge in [0.25, 0.3) is 5.91 Å². The molecule has 0 saturated carbocycles. The molecule has 0 bridgehead atoms. The maximum Gasteiger partial charge on any atom is 0.255 e. The van der Waals surface area contributed by atoms with Crippen LogP contribution in [0.1, 0.15) is 28.4 Å². The van der Waals surface area contributed by atoms with Crippen LogP contribution in [0.5, 0.6) is 5.75 Å². The summed E-state index contributed by atoms with van der Waals surface area (Å²) >= 11 is 5.98. The van der Waals surface area contributed by atoms with Gasteiger partial charge in [-0.25, -0.2) is 8.42 Å². The van der Waals surface area contributed by atoms with E-state index in [1.54, 1.807) is 66.7 Å². The molecule has 3 aromatic carbocycles. The second-order valence-corrected chi connectivity index (χ2v) is 9.78. The lowest BCUT2D eigenvalue weighted by Crippen LogP contribution is -2.27. The van der Waals surface area contributed by atoms with Gasteiger partial charge in [-0.3, -0.25) is 4.79 Å². The molecular weight excluding hydrogens is 448 g/mol. The second kappa shape index (κ2) is 10.2. The molecule has 6 nitrogen and oxygen atoms in total. The molecule has 0 aliphatic carbocycles. The topological polar surface area (TPSA) is 75.7 Å². The van der Waals surface area contributed by atoms with Crippen molar-refractivity contribution in [3.05, 3.63) is 88.4 Å². The maximum atomic E-state index is 13.0. The number of carbonyl (C=O) groups excluding carboxylic acids is 1. The number of hydrogen-bond donors (Lipinski definition) is 1. The molecule has 0 heterocycles. The lowest BCUT2D eigenvalue weighted by atomic mass is 10.1. The van der Waals surface area contributed by atoms with Crippen molar-refractivity contribution in [1.29, 1.82) is 0 Å². The lowest BCUT2D eigenvalue weighted by molar-refractivity contribution is 0.102. The maximum absolute atomic E-state index is 13.0. The molecule has 32 heavy (non-hydrogen) atoms. The summed E-state index contributed by atoms with van der Waals surface area (Å²) in [7, 11) is -2.21. The van der Waals surface area contributed by atoms with E-state index in [1.807, 2.05) is 13.8 Å². The zero-order valence-corrected chi connectivity index (χ0v) is 19.7. The molecule has 0 unspecified atom stereocenters. The molecule has 0 aliphatic rings. The third kappa shape index (κ3) is 5.68. The number of sulfonamides is 1. The lowest BCUT2D eigenvalue weighted by Gasteiger charge is -2.20. The van der Waals surface area contributed by atoms with Crippen molar-refractivity contribution in [2.75, 3.05) is 19.0 Å². The highest BCUT2D eigenvalue weighted by Crippen LogP contribution is 2.25. The summed E-state index contributed by atoms with van der Waals surface area (Å²) in [6.07, 6.45) is 0. The fourth-order valence-corrected chi connectivity index (χ4v) is 4.46. The predicted molar refractivity (Wildman–Crippen MR) is 127 cm³/mol. The van der Waals surface area contributed by atoms with E-state index in [4.69, 9.17) is 16.3 Å². The Kier molecular flexibility index (Phi) is 7.56. The number of aryl methyl sites for hydroxylation is 1. The van der Waals surface area contributed by atoms with E-state index in [9.17, 15) is 13.2 Å². The first-order valence-electron chi connectivity index (χ1n) is 10.1. The molecule has 1 amide bonds. The number of anilines is 1. The molecule has 3 rings (SSSR count). The number of halogens is 1. The molecule has 0 aromatic heterocycles. The molecule has 0 aliphatic heterocycles. The Hall–Kier alpha value is -2.87. The zero-order valence-electron chi connectivity index (χ0n) is 18.1. The van der Waals surface area contributed by atoms with Crippen molar-refractivity contribution >= 4 is 33.2 Å². The second-order valence-electron chi connectivity index (χ2n) is 7.29. The van der Waals surface area contributed by atoms with Gasteiger partial charge in [0.15, 0.2) is 0 Å². The third-order valence-corrected chi connectivity index (χ3v) is 6.88. The number of benzene rings is 3. The van der Waals surface area contributed by atoms with E-state index >= 15 is 0 Å². The molecule has 0 fully saturated rings. The number of ether oxygens (including phenoxy) is 1. The quantitative estimate of drug-likeness (QED) is 0.493. The van der Waals surface area contributed by atoms with Crippen molar-refractivity contribution in [2.24, 2.45) is 0 Å². The van der Waals surface area contributed by atoms with Gasteiger partial charge in [-0.05, 0) is 62.4 Å². The number of rotatable bonds is 8. The molecule has 0 saturated heterocycles. The Morgan fingerprint density at radius 2 is 1.78 bits per heavy atom. The summed E-state index contributed by atoms with van der Waals surface area (Å²) in [6, 6.07) is 18.5. The number of hydrogen-bond acceptors (Lipinski definition) is 4. The predicted octanol–water partition coefficient (Wildman–Crippen LogP) is 5.12. The molecule has 0 spiro atoms. The van der Waals surface area contributed by atoms with E-state index in [-0.39, 0.29) is 17.3 Å². The minimum Gasteiger partial charge on any atom is -0.494 e. The monoisotopic (exact) mass is 472 g/mol. The van der Waals surface area contributed by atoms with Crippen LogP contribution in [0.2, 0.25) is 5.02 Å². The Balaban J connectivity index is 1.87. The minimum absolute atomic E-state index is 0.0455. The Bertz CT molecular complexity index is 1210. The van der Waals surface area contributed by atoms with Gasteiger partial charge in [0.2, 0.25) is 10.0 Å². The molecule has 8 heteroatoms. The SMILES string of the molecule is CCOc1ccc(C(=O)Nc2cccc(Cl)c2)cc1CN(C)S(=O)(=O)c1ccc(C)cc1. The number of amides is 1. The molecule has 168 valence electrons. The normalized spacial score (nSPS) is 11.4. The van der Waals surface area contributed by atoms with E-state index in [0.29, 0.717) is 34.2 Å². The van der Waals surface area contributed by atoms with Gasteiger partial charge in [0, 0.05) is 35.4 Å². The summed E-state index contributed by atoms with van der Waals surface area (Å²) in [4.78, 5) is 13.0. The van der Waals surface area contributed by atoms with E-state index in [1.165, 1.54) is 11.4 Å². The molecule has 3 aromatic rings. The molecular formula is C24H25ClN2O4S. The van der Waals surface area contributed by atoms with Crippen LogP contribution in [-0.4, -0.2) is 32.3 Å². The minimum atomic E-state index is -3.71. The van der Waals surface area contributed by atoms with Gasteiger partial charge >= 0.3 is 0 Å². The largest absolute Gasteiger partial charge is 0.494 e. The van der Waals surface area contributed by atoms with Gasteiger partial charge < -0.3 is 10.1 Å². The van der Waals surface area contributed by atoms with Gasteiger partial charge in [-0.2, -0.15) is 4.31 Å². The summed E-state index contributed by atoms with van der Waals surface area (Å²) in [5, 5.41) is 3.31. The number of nitrogens with zero attached hydrogens (tertiary/aromatic N) is 1. The van der Waals surface area contributed by atoms with Crippen molar-refractivity contribution in [3.8, 4) is 5.75 Å². The van der Waals surface area contributed by atoms with Crippen LogP contribution in [0.25, 0.3) is 0 Å². The van der Waals surface area contributed by atoms with Crippen molar-refractivity contribution in [3.63, 3.8) is 0 Å². The molecule has 0 atom stereocenters. The van der Waals surface area contributed by atoms with E-state index in [0.717, 1.165) is 5.56 Å². The zero-order chi connectivity index (χ0) is 23.3. The Morgan fingerprint density at radius 1 is 1.06 bits per heavy atom. The highest BCUT2D eigenvalue weighted by atomic mass is 35.5. The van der Waals surface area contributed by atoms with Crippen LogP contribution in [0.3, 0.4) is 0 Å². The highest BCUT2D eigenvalue weighted by Gasteiger charge is 2.22. The fraction of sp³-hybridized carbons (Fsp3) is 0.208. The van der Waals surface area contributed by atoms with Crippen molar-refractivity contribution < 1.29 is 17.9 Å². The average Bonchev–Trinajstić information content (AvgIpc) is 2.75. The Morgan fingerprint density at radius 3 is 2.44 bits per heavy atom. The van der Waals surface area contributed by atoms with E-state index < -0.39 is 10.0 Å². The smallest absolute Gasteiger partial charge is 0.255 e. The van der Waals surface area contributed by atoms with Gasteiger partial charge in [-0.1, -0.05) is 35.4 Å². The number of carbonyl (C=O) groups is 1. The molecule has 1 N–H and O–H groups in total. The first-order chi connectivity index (χ1) is 15.2. The standard InChI is InChI=1S/C24H25ClN2O4S/c1-4-31-23-13-10-18(24(28)26-21-7-5-6-20(25)15-21)14-19(23)16-27(3)32(29,30)22-11-8-17(2)9-12-22/h5-15H,4,16H2,1-3H3,(H,26,28). The summed E-state index contributed by atoms with van der Waals surface area (Å²) in [6.45, 7) is 4.20. The fourth-order valence-electron chi connectivity index (χ4n) is 3.13. The molecule has 0 radical (unpaired) electrons. The first kappa shape index (κ1) is 23.8. The van der Waals surface area contributed by atoms with Gasteiger partial charge in [0.1, 0.15) is 5.75 Å². The summed E-state index contributed by atoms with van der Waals surface area (Å²) in [5.41, 5.74) is 2.51. The van der Waals surface area contributed by atoms with Crippen LogP contribution in [0, 0.1) is 6.92 Å². The van der Waals surface area contributed by atoms with Crippen LogP contribution in [-0.2, 0) is 16.6 Å². The van der Waals surface area contributed by atoms with Crippen LogP contribution < -0.4 is 10.1 Å². The van der Waals surface area contributed by atoms with Gasteiger partial charge in [-0.15, -0.1) is 0 Å². The van der Waals surface area contributed by atoms with Gasteiger partial charge in [0.05, 0.1) is 11.5 Å². The highest BCUT2D eigenvalue weighted by molar-refractivity contribution is 7.89.